The number of piperidine rings is 1. The molecule has 3 aliphatic heterocycles. The topological polar surface area (TPSA) is 458 Å². The lowest BCUT2D eigenvalue weighted by atomic mass is 9.80. The SMILES string of the molecule is CO[C@H]1C[C@@H]2CC[C@@H](C)[C@@](O)(O2)C(=O)C(=O)N2CCCC[C@H]2C(=O)O[C@H]([C@H](N)C[C@@H]2CC[C@@H](OCCCCc3cn(CCOCCOCCOCCOCCOCCOCCC(=O)NCCCCn4nc(-c5ccc6oc(N)nc6c5)c5c(N)ncnc54)nn3)[C@H](OC)C2)CC(=O)[C@H](C)/C=C(\C)[C@@H](O)[C@@H](O)C(=O)[C@H](C)C[C@H](C)/C=C/C=CC=C1C. The van der Waals surface area contributed by atoms with Crippen LogP contribution in [0.1, 0.15) is 156 Å². The Labute approximate surface area is 702 Å². The second-order valence-corrected chi connectivity index (χ2v) is 32.1. The minimum atomic E-state index is -2.49. The van der Waals surface area contributed by atoms with Crippen molar-refractivity contribution < 1.29 is 101 Å². The predicted octanol–water partition coefficient (Wildman–Crippen LogP) is 7.06. The molecular formula is C86H129N13O21. The Morgan fingerprint density at radius 2 is 1.47 bits per heavy atom. The summed E-state index contributed by atoms with van der Waals surface area (Å²) in [6, 6.07) is 3.44. The van der Waals surface area contributed by atoms with E-state index in [1.165, 1.54) is 19.3 Å². The number of aromatic nitrogens is 8. The highest BCUT2D eigenvalue weighted by molar-refractivity contribution is 6.39. The number of carbonyl (C=O) groups is 6. The summed E-state index contributed by atoms with van der Waals surface area (Å²) >= 11 is 0. The molecule has 664 valence electrons. The number of anilines is 2. The number of aliphatic hydroxyl groups excluding tert-OH is 2. The number of nitrogens with zero attached hydrogens (tertiary/aromatic N) is 9. The van der Waals surface area contributed by atoms with Crippen LogP contribution in [-0.4, -0.2) is 269 Å². The number of ketones is 3. The van der Waals surface area contributed by atoms with Crippen LogP contribution in [0, 0.1) is 29.6 Å². The van der Waals surface area contributed by atoms with Crippen LogP contribution in [-0.2, 0) is 100 Å². The second-order valence-electron chi connectivity index (χ2n) is 32.1. The zero-order chi connectivity index (χ0) is 86.1. The van der Waals surface area contributed by atoms with E-state index in [1.54, 1.807) is 50.4 Å². The number of cyclic esters (lactones) is 1. The first-order valence-corrected chi connectivity index (χ1v) is 42.6. The number of hydrogen-bond acceptors (Lipinski definition) is 30. The van der Waals surface area contributed by atoms with Crippen LogP contribution in [0.2, 0.25) is 0 Å². The van der Waals surface area contributed by atoms with E-state index in [9.17, 15) is 44.1 Å². The number of benzene rings is 1. The molecule has 5 aromatic rings. The fourth-order valence-electron chi connectivity index (χ4n) is 15.8. The Balaban J connectivity index is 0.614. The Kier molecular flexibility index (Phi) is 39.2. The van der Waals surface area contributed by atoms with Gasteiger partial charge < -0.3 is 99.3 Å². The molecule has 1 aliphatic carbocycles. The summed E-state index contributed by atoms with van der Waals surface area (Å²) in [7, 11) is 3.20. The summed E-state index contributed by atoms with van der Waals surface area (Å²) < 4.78 is 73.6. The standard InChI is InChI=1S/C86H129N13O21/c1-55-18-10-9-11-19-56(2)71(109-7)51-64-25-22-60(6)86(108,120-64)80(105)83(106)98-30-15-12-21-67(98)84(107)118-72(52-68(100)57(3)47-59(5)78(103)79(104)77(102)58(4)46-55)65(87)48-61-23-26-70(73(49-61)110-8)117-33-17-13-20-63-53-97(96-94-63)32-35-112-37-39-114-41-43-116-45-44-115-42-40-113-38-36-111-34-28-74(101)90-29-14-16-31-99-82-75(81(88)91-54-92-82)76(95-99)62-24-27-69-66(50-62)93-85(89)119-69/h9-11,18-19,24,27,47,50,53-55,57-58,60-61,64-65,67,70-73,78-79,103-104,108H,12-17,20-23,25-26,28-46,48-49,51-52,87H2,1-8H3,(H2,89,93)(H,90,101)(H2,88,91,92)/b11-9?,18-10+,56-19?,59-47+/t55-,57-,58-,60-,61+,64+,65-,67+,70-,71+,72+,73-,78-,79+,86-/m1/s1. The van der Waals surface area contributed by atoms with Crippen molar-refractivity contribution in [2.24, 2.45) is 35.3 Å². The number of aliphatic hydroxyl groups is 3. The second kappa shape index (κ2) is 49.2. The lowest BCUT2D eigenvalue weighted by Crippen LogP contribution is -2.61. The van der Waals surface area contributed by atoms with E-state index in [0.717, 1.165) is 47.4 Å². The van der Waals surface area contributed by atoms with Crippen molar-refractivity contribution in [1.29, 1.82) is 0 Å². The van der Waals surface area contributed by atoms with Crippen molar-refractivity contribution in [3.8, 4) is 11.3 Å². The largest absolute Gasteiger partial charge is 0.459 e. The molecule has 2 saturated heterocycles. The first-order valence-electron chi connectivity index (χ1n) is 42.6. The molecule has 1 aromatic carbocycles. The number of ether oxygens (including phenoxy) is 11. The van der Waals surface area contributed by atoms with Crippen LogP contribution in [0.3, 0.4) is 0 Å². The van der Waals surface area contributed by atoms with Gasteiger partial charge in [0.1, 0.15) is 53.5 Å². The first kappa shape index (κ1) is 95.6. The molecular weight excluding hydrogens is 1550 g/mol. The van der Waals surface area contributed by atoms with Crippen LogP contribution in [0.4, 0.5) is 11.8 Å². The van der Waals surface area contributed by atoms with E-state index in [2.05, 4.69) is 30.6 Å². The minimum Gasteiger partial charge on any atom is -0.459 e. The van der Waals surface area contributed by atoms with Crippen molar-refractivity contribution >= 4 is 69.1 Å². The molecule has 4 aromatic heterocycles. The molecule has 2 amide bonds. The van der Waals surface area contributed by atoms with Gasteiger partial charge in [0.05, 0.1) is 121 Å². The molecule has 0 spiro atoms. The van der Waals surface area contributed by atoms with Crippen LogP contribution >= 0.6 is 0 Å². The maximum Gasteiger partial charge on any atom is 0.329 e. The normalized spacial score (nSPS) is 26.7. The summed E-state index contributed by atoms with van der Waals surface area (Å²) in [4.78, 5) is 98.0. The zero-order valence-corrected chi connectivity index (χ0v) is 71.1. The fourth-order valence-corrected chi connectivity index (χ4v) is 15.8. The van der Waals surface area contributed by atoms with Gasteiger partial charge in [0.25, 0.3) is 17.7 Å². The van der Waals surface area contributed by atoms with Crippen LogP contribution in [0.25, 0.3) is 33.4 Å². The van der Waals surface area contributed by atoms with Gasteiger partial charge in [-0.2, -0.15) is 10.1 Å². The number of Topliss-reactive ketones (excluding diaryl/α,β-unsaturated/α-hetero) is 3. The van der Waals surface area contributed by atoms with Gasteiger partial charge >= 0.3 is 5.97 Å². The smallest absolute Gasteiger partial charge is 0.329 e. The molecule has 9 rings (SSSR count). The predicted molar refractivity (Wildman–Crippen MR) is 445 cm³/mol. The van der Waals surface area contributed by atoms with Crippen molar-refractivity contribution in [3.05, 3.63) is 84.0 Å². The first-order chi connectivity index (χ1) is 57.8. The maximum absolute atomic E-state index is 14.7. The number of nitrogens with two attached hydrogens (primary N) is 3. The molecule has 1 saturated carbocycles. The van der Waals surface area contributed by atoms with E-state index >= 15 is 0 Å². The minimum absolute atomic E-state index is 0.0257. The Hall–Kier alpha value is -8.20. The molecule has 10 N–H and O–H groups in total. The van der Waals surface area contributed by atoms with E-state index < -0.39 is 95.4 Å². The number of unbranched alkanes of at least 4 members (excludes halogenated alkanes) is 2. The number of amides is 2. The molecule has 0 unspecified atom stereocenters. The number of fused-ring (bicyclic) bond motifs is 5. The number of esters is 1. The van der Waals surface area contributed by atoms with E-state index in [0.29, 0.717) is 197 Å². The molecule has 4 aliphatic rings. The maximum atomic E-state index is 14.7. The van der Waals surface area contributed by atoms with Gasteiger partial charge in [-0.15, -0.1) is 5.10 Å². The number of hydrogen-bond donors (Lipinski definition) is 7. The quantitative estimate of drug-likeness (QED) is 0.00900. The van der Waals surface area contributed by atoms with Crippen molar-refractivity contribution in [2.75, 3.05) is 125 Å². The van der Waals surface area contributed by atoms with E-state index in [-0.39, 0.29) is 80.4 Å². The van der Waals surface area contributed by atoms with Gasteiger partial charge in [0.15, 0.2) is 17.0 Å². The Bertz CT molecular complexity index is 4190. The van der Waals surface area contributed by atoms with Crippen LogP contribution in [0.15, 0.2) is 82.7 Å². The van der Waals surface area contributed by atoms with Crippen molar-refractivity contribution in [1.82, 2.24) is 49.9 Å². The highest BCUT2D eigenvalue weighted by atomic mass is 16.6. The van der Waals surface area contributed by atoms with Crippen molar-refractivity contribution in [2.45, 2.75) is 231 Å². The Morgan fingerprint density at radius 3 is 2.18 bits per heavy atom. The highest BCUT2D eigenvalue weighted by Crippen LogP contribution is 2.39. The van der Waals surface area contributed by atoms with Gasteiger partial charge in [-0.3, -0.25) is 24.0 Å². The van der Waals surface area contributed by atoms with Crippen molar-refractivity contribution in [3.63, 3.8) is 0 Å². The number of aryl methyl sites for hydroxylation is 2. The molecule has 2 bridgehead atoms. The third-order valence-corrected chi connectivity index (χ3v) is 22.9. The van der Waals surface area contributed by atoms with Gasteiger partial charge in [-0.1, -0.05) is 69.4 Å². The third-order valence-electron chi connectivity index (χ3n) is 22.9. The summed E-state index contributed by atoms with van der Waals surface area (Å²) in [5, 5.41) is 51.7. The summed E-state index contributed by atoms with van der Waals surface area (Å²) in [6.45, 7) is 17.2. The molecule has 120 heavy (non-hydrogen) atoms. The van der Waals surface area contributed by atoms with Gasteiger partial charge in [0, 0.05) is 95.3 Å². The van der Waals surface area contributed by atoms with Gasteiger partial charge in [0.2, 0.25) is 11.7 Å². The molecule has 3 fully saturated rings. The number of nitrogens with one attached hydrogen (secondary N) is 1. The monoisotopic (exact) mass is 1680 g/mol. The number of rotatable bonds is 38. The Morgan fingerprint density at radius 1 is 0.750 bits per heavy atom. The summed E-state index contributed by atoms with van der Waals surface area (Å²) in [5.74, 6) is -8.67. The lowest BCUT2D eigenvalue weighted by Gasteiger charge is -2.42. The molecule has 15 atom stereocenters. The number of allylic oxidation sites excluding steroid dienone is 6. The highest BCUT2D eigenvalue weighted by Gasteiger charge is 2.53. The number of carbonyl (C=O) groups excluding carboxylic acids is 6. The number of nitrogen functional groups attached to an aromatic ring is 2. The number of methoxy groups -OCH3 is 2. The van der Waals surface area contributed by atoms with E-state index in [1.807, 2.05) is 62.6 Å². The number of oxazole rings is 1. The molecule has 0 radical (unpaired) electrons. The van der Waals surface area contributed by atoms with Crippen LogP contribution < -0.4 is 22.5 Å². The van der Waals surface area contributed by atoms with E-state index in [4.69, 9.17) is 78.8 Å². The molecule has 7 heterocycles. The molecule has 34 heteroatoms. The van der Waals surface area contributed by atoms with Crippen LogP contribution in [0.5, 0.6) is 0 Å². The summed E-state index contributed by atoms with van der Waals surface area (Å²) in [6.07, 6.45) is 16.6. The van der Waals surface area contributed by atoms with Gasteiger partial charge in [-0.25, -0.2) is 24.1 Å². The zero-order valence-electron chi connectivity index (χ0n) is 71.1. The average molecular weight is 1680 g/mol. The van der Waals surface area contributed by atoms with Gasteiger partial charge in [-0.05, 0) is 151 Å². The lowest BCUT2D eigenvalue weighted by molar-refractivity contribution is -0.265. The fraction of sp³-hybridized carbons (Fsp3) is 0.674. The summed E-state index contributed by atoms with van der Waals surface area (Å²) in [5.41, 5.74) is 24.2. The third kappa shape index (κ3) is 28.7. The molecule has 34 nitrogen and oxygen atoms in total. The average Bonchev–Trinajstić information content (AvgIpc) is 1.05.